The standard InChI is InChI=1S/C28H28ClN3O3S/c1-5-34-22-11-7-10-20-24-23(26(33)30-21-13-12-16(2)14-17(21)3)28(4,35-25(20)22)32(27(36)31-24)19-9-6-8-18(29)15-19/h6-15,23-24H,5H2,1-4H3,(H,30,33)(H,31,36)/t23-,24+,28+/m0/s1. The molecular weight excluding hydrogens is 494 g/mol. The Labute approximate surface area is 221 Å². The second-order valence-electron chi connectivity index (χ2n) is 9.29. The Morgan fingerprint density at radius 3 is 2.69 bits per heavy atom. The summed E-state index contributed by atoms with van der Waals surface area (Å²) in [5.41, 5.74) is 3.27. The molecule has 5 rings (SSSR count). The van der Waals surface area contributed by atoms with Crippen LogP contribution in [-0.4, -0.2) is 23.4 Å². The Bertz CT molecular complexity index is 1360. The zero-order valence-electron chi connectivity index (χ0n) is 20.6. The van der Waals surface area contributed by atoms with Gasteiger partial charge in [0.2, 0.25) is 5.91 Å². The van der Waals surface area contributed by atoms with Crippen LogP contribution < -0.4 is 25.0 Å². The van der Waals surface area contributed by atoms with Gasteiger partial charge in [0.05, 0.1) is 12.6 Å². The van der Waals surface area contributed by atoms with Gasteiger partial charge in [0.1, 0.15) is 5.92 Å². The molecule has 36 heavy (non-hydrogen) atoms. The third-order valence-corrected chi connectivity index (χ3v) is 7.31. The van der Waals surface area contributed by atoms with Crippen molar-refractivity contribution in [2.75, 3.05) is 16.8 Å². The van der Waals surface area contributed by atoms with E-state index in [1.54, 1.807) is 6.07 Å². The van der Waals surface area contributed by atoms with E-state index < -0.39 is 17.7 Å². The number of rotatable bonds is 5. The van der Waals surface area contributed by atoms with Crippen molar-refractivity contribution >= 4 is 46.2 Å². The Morgan fingerprint density at radius 2 is 1.97 bits per heavy atom. The molecule has 2 aliphatic heterocycles. The van der Waals surface area contributed by atoms with Gasteiger partial charge in [-0.3, -0.25) is 9.69 Å². The number of halogens is 1. The van der Waals surface area contributed by atoms with Crippen LogP contribution in [0.4, 0.5) is 11.4 Å². The molecule has 1 amide bonds. The summed E-state index contributed by atoms with van der Waals surface area (Å²) in [5, 5.41) is 7.58. The predicted molar refractivity (Wildman–Crippen MR) is 147 cm³/mol. The molecule has 3 aromatic carbocycles. The van der Waals surface area contributed by atoms with Crippen LogP contribution >= 0.6 is 23.8 Å². The highest BCUT2D eigenvalue weighted by molar-refractivity contribution is 7.80. The second kappa shape index (κ2) is 9.30. The molecule has 2 heterocycles. The first-order valence-corrected chi connectivity index (χ1v) is 12.7. The normalized spacial score (nSPS) is 22.2. The van der Waals surface area contributed by atoms with Crippen molar-refractivity contribution in [2.24, 2.45) is 5.92 Å². The average Bonchev–Trinajstić information content (AvgIpc) is 2.81. The summed E-state index contributed by atoms with van der Waals surface area (Å²) in [7, 11) is 0. The van der Waals surface area contributed by atoms with E-state index in [9.17, 15) is 4.79 Å². The molecule has 2 aliphatic rings. The van der Waals surface area contributed by atoms with Gasteiger partial charge in [-0.2, -0.15) is 0 Å². The molecule has 0 aliphatic carbocycles. The zero-order valence-corrected chi connectivity index (χ0v) is 22.2. The molecule has 3 aromatic rings. The van der Waals surface area contributed by atoms with Gasteiger partial charge >= 0.3 is 0 Å². The van der Waals surface area contributed by atoms with Crippen LogP contribution in [0.25, 0.3) is 0 Å². The van der Waals surface area contributed by atoms with Gasteiger partial charge in [-0.25, -0.2) is 0 Å². The van der Waals surface area contributed by atoms with E-state index in [4.69, 9.17) is 33.3 Å². The van der Waals surface area contributed by atoms with E-state index in [-0.39, 0.29) is 5.91 Å². The molecular formula is C28H28ClN3O3S. The number of carbonyl (C=O) groups is 1. The summed E-state index contributed by atoms with van der Waals surface area (Å²) in [6.07, 6.45) is 0. The molecule has 1 saturated heterocycles. The summed E-state index contributed by atoms with van der Waals surface area (Å²) in [4.78, 5) is 15.9. The Hall–Kier alpha value is -3.29. The molecule has 2 N–H and O–H groups in total. The number of para-hydroxylation sites is 1. The predicted octanol–water partition coefficient (Wildman–Crippen LogP) is 6.15. The van der Waals surface area contributed by atoms with E-state index in [0.29, 0.717) is 28.2 Å². The molecule has 2 bridgehead atoms. The molecule has 0 spiro atoms. The van der Waals surface area contributed by atoms with Crippen LogP contribution in [-0.2, 0) is 4.79 Å². The van der Waals surface area contributed by atoms with Crippen molar-refractivity contribution in [1.29, 1.82) is 0 Å². The Kier molecular flexibility index (Phi) is 6.30. The maximum absolute atomic E-state index is 14.0. The molecule has 186 valence electrons. The average molecular weight is 522 g/mol. The van der Waals surface area contributed by atoms with E-state index in [0.717, 1.165) is 28.1 Å². The van der Waals surface area contributed by atoms with Gasteiger partial charge in [0, 0.05) is 22.0 Å². The van der Waals surface area contributed by atoms with Crippen molar-refractivity contribution in [2.45, 2.75) is 39.5 Å². The Morgan fingerprint density at radius 1 is 1.19 bits per heavy atom. The quantitative estimate of drug-likeness (QED) is 0.392. The molecule has 3 atom stereocenters. The highest BCUT2D eigenvalue weighted by Gasteiger charge is 2.59. The lowest BCUT2D eigenvalue weighted by molar-refractivity contribution is -0.130. The summed E-state index contributed by atoms with van der Waals surface area (Å²) in [5.74, 6) is 0.391. The molecule has 0 unspecified atom stereocenters. The first kappa shape index (κ1) is 24.4. The molecule has 0 saturated carbocycles. The fourth-order valence-corrected chi connectivity index (χ4v) is 5.81. The first-order chi connectivity index (χ1) is 17.2. The van der Waals surface area contributed by atoms with Gasteiger partial charge in [0.25, 0.3) is 0 Å². The van der Waals surface area contributed by atoms with Gasteiger partial charge in [-0.15, -0.1) is 0 Å². The molecule has 0 radical (unpaired) electrons. The number of thiocarbonyl (C=S) groups is 1. The highest BCUT2D eigenvalue weighted by atomic mass is 35.5. The number of fused-ring (bicyclic) bond motifs is 4. The summed E-state index contributed by atoms with van der Waals surface area (Å²) >= 11 is 12.2. The van der Waals surface area contributed by atoms with E-state index in [1.165, 1.54) is 0 Å². The summed E-state index contributed by atoms with van der Waals surface area (Å²) in [6.45, 7) is 8.32. The lowest BCUT2D eigenvalue weighted by atomic mass is 9.78. The summed E-state index contributed by atoms with van der Waals surface area (Å²) < 4.78 is 12.6. The van der Waals surface area contributed by atoms with Gasteiger partial charge in [-0.1, -0.05) is 47.5 Å². The van der Waals surface area contributed by atoms with E-state index >= 15 is 0 Å². The van der Waals surface area contributed by atoms with Crippen LogP contribution in [0.5, 0.6) is 11.5 Å². The number of nitrogens with zero attached hydrogens (tertiary/aromatic N) is 1. The molecule has 6 nitrogen and oxygen atoms in total. The number of hydrogen-bond donors (Lipinski definition) is 2. The summed E-state index contributed by atoms with van der Waals surface area (Å²) in [6, 6.07) is 18.6. The SMILES string of the molecule is CCOc1cccc2c1O[C@]1(C)[C@H](C(=O)Nc3ccc(C)cc3C)[C@@H]2NC(=S)N1c1cccc(Cl)c1. The molecule has 1 fully saturated rings. The van der Waals surface area contributed by atoms with Gasteiger partial charge in [0.15, 0.2) is 22.3 Å². The number of hydrogen-bond acceptors (Lipinski definition) is 4. The van der Waals surface area contributed by atoms with Crippen LogP contribution in [0.1, 0.15) is 36.6 Å². The number of amides is 1. The topological polar surface area (TPSA) is 62.8 Å². The fraction of sp³-hybridized carbons (Fsp3) is 0.286. The van der Waals surface area contributed by atoms with E-state index in [1.807, 2.05) is 87.2 Å². The second-order valence-corrected chi connectivity index (χ2v) is 10.1. The van der Waals surface area contributed by atoms with Gasteiger partial charge < -0.3 is 20.1 Å². The largest absolute Gasteiger partial charge is 0.490 e. The number of aryl methyl sites for hydroxylation is 2. The van der Waals surface area contributed by atoms with Gasteiger partial charge in [-0.05, 0) is 75.8 Å². The minimum atomic E-state index is -1.17. The van der Waals surface area contributed by atoms with Crippen LogP contribution in [0.3, 0.4) is 0 Å². The molecule has 8 heteroatoms. The van der Waals surface area contributed by atoms with Crippen molar-refractivity contribution in [3.63, 3.8) is 0 Å². The number of benzene rings is 3. The smallest absolute Gasteiger partial charge is 0.236 e. The third kappa shape index (κ3) is 4.06. The maximum Gasteiger partial charge on any atom is 0.236 e. The minimum Gasteiger partial charge on any atom is -0.490 e. The van der Waals surface area contributed by atoms with Crippen molar-refractivity contribution in [3.8, 4) is 11.5 Å². The first-order valence-electron chi connectivity index (χ1n) is 11.9. The third-order valence-electron chi connectivity index (χ3n) is 6.78. The lowest BCUT2D eigenvalue weighted by Crippen LogP contribution is -2.72. The zero-order chi connectivity index (χ0) is 25.6. The van der Waals surface area contributed by atoms with Crippen LogP contribution in [0, 0.1) is 19.8 Å². The fourth-order valence-electron chi connectivity index (χ4n) is 5.21. The van der Waals surface area contributed by atoms with Crippen LogP contribution in [0.2, 0.25) is 5.02 Å². The van der Waals surface area contributed by atoms with Crippen molar-refractivity contribution in [3.05, 3.63) is 82.4 Å². The maximum atomic E-state index is 14.0. The van der Waals surface area contributed by atoms with E-state index in [2.05, 4.69) is 10.6 Å². The monoisotopic (exact) mass is 521 g/mol. The number of ether oxygens (including phenoxy) is 2. The van der Waals surface area contributed by atoms with Crippen molar-refractivity contribution in [1.82, 2.24) is 5.32 Å². The van der Waals surface area contributed by atoms with Crippen molar-refractivity contribution < 1.29 is 14.3 Å². The van der Waals surface area contributed by atoms with Crippen LogP contribution in [0.15, 0.2) is 60.7 Å². The highest BCUT2D eigenvalue weighted by Crippen LogP contribution is 2.52. The number of anilines is 2. The number of carbonyl (C=O) groups excluding carboxylic acids is 1. The Balaban J connectivity index is 1.65. The minimum absolute atomic E-state index is 0.177. The lowest BCUT2D eigenvalue weighted by Gasteiger charge is -2.56. The number of nitrogens with one attached hydrogen (secondary N) is 2. The molecule has 0 aromatic heterocycles.